The van der Waals surface area contributed by atoms with E-state index in [4.69, 9.17) is 4.74 Å². The third kappa shape index (κ3) is 3.68. The highest BCUT2D eigenvalue weighted by atomic mass is 16.5. The minimum absolute atomic E-state index is 0.0816. The first-order valence-electron chi connectivity index (χ1n) is 7.19. The number of hydrogen-bond acceptors (Lipinski definition) is 4. The standard InChI is InChI=1S/C16H22N2O3/c1-11(2)18-15(19)8-14(16(18)20)17-9-12-5-4-6-13(7-12)10-21-3/h4-7,11,14,17H,8-10H2,1-3H3. The molecule has 1 N–H and O–H groups in total. The fourth-order valence-electron chi connectivity index (χ4n) is 2.59. The molecule has 2 rings (SSSR count). The highest BCUT2D eigenvalue weighted by Gasteiger charge is 2.39. The molecule has 0 saturated carbocycles. The van der Waals surface area contributed by atoms with Gasteiger partial charge in [0.05, 0.1) is 19.1 Å². The zero-order valence-corrected chi connectivity index (χ0v) is 12.8. The summed E-state index contributed by atoms with van der Waals surface area (Å²) >= 11 is 0. The number of hydrogen-bond donors (Lipinski definition) is 1. The number of ether oxygens (including phenoxy) is 1. The Kier molecular flexibility index (Phi) is 5.09. The molecule has 1 aliphatic heterocycles. The van der Waals surface area contributed by atoms with Gasteiger partial charge in [0.15, 0.2) is 0 Å². The third-order valence-electron chi connectivity index (χ3n) is 3.55. The second kappa shape index (κ2) is 6.83. The summed E-state index contributed by atoms with van der Waals surface area (Å²) in [5.74, 6) is -0.219. The van der Waals surface area contributed by atoms with Gasteiger partial charge in [-0.25, -0.2) is 0 Å². The summed E-state index contributed by atoms with van der Waals surface area (Å²) < 4.78 is 5.11. The molecule has 5 heteroatoms. The summed E-state index contributed by atoms with van der Waals surface area (Å²) in [6.45, 7) is 4.84. The first-order valence-corrected chi connectivity index (χ1v) is 7.19. The average molecular weight is 290 g/mol. The molecule has 1 saturated heterocycles. The number of nitrogens with zero attached hydrogens (tertiary/aromatic N) is 1. The van der Waals surface area contributed by atoms with Crippen LogP contribution >= 0.6 is 0 Å². The predicted molar refractivity (Wildman–Crippen MR) is 79.4 cm³/mol. The van der Waals surface area contributed by atoms with Crippen molar-refractivity contribution in [2.75, 3.05) is 7.11 Å². The van der Waals surface area contributed by atoms with Crippen LogP contribution in [-0.2, 0) is 27.5 Å². The molecule has 0 radical (unpaired) electrons. The highest BCUT2D eigenvalue weighted by Crippen LogP contribution is 2.17. The van der Waals surface area contributed by atoms with Gasteiger partial charge in [0.1, 0.15) is 0 Å². The Morgan fingerprint density at radius 3 is 2.67 bits per heavy atom. The summed E-state index contributed by atoms with van der Waals surface area (Å²) in [4.78, 5) is 25.4. The van der Waals surface area contributed by atoms with Gasteiger partial charge in [-0.15, -0.1) is 0 Å². The molecule has 0 aliphatic carbocycles. The molecule has 0 aromatic heterocycles. The molecular weight excluding hydrogens is 268 g/mol. The summed E-state index contributed by atoms with van der Waals surface area (Å²) in [6.07, 6.45) is 0.245. The van der Waals surface area contributed by atoms with E-state index in [9.17, 15) is 9.59 Å². The Bertz CT molecular complexity index is 528. The Hall–Kier alpha value is -1.72. The van der Waals surface area contributed by atoms with E-state index in [1.165, 1.54) is 4.90 Å². The first-order chi connectivity index (χ1) is 10.0. The van der Waals surface area contributed by atoms with E-state index in [1.54, 1.807) is 7.11 Å². The molecule has 1 atom stereocenters. The second-order valence-electron chi connectivity index (χ2n) is 5.59. The lowest BCUT2D eigenvalue weighted by molar-refractivity contribution is -0.140. The van der Waals surface area contributed by atoms with Gasteiger partial charge in [-0.3, -0.25) is 14.5 Å². The van der Waals surface area contributed by atoms with Crippen LogP contribution in [0.25, 0.3) is 0 Å². The molecule has 5 nitrogen and oxygen atoms in total. The maximum Gasteiger partial charge on any atom is 0.247 e. The fourth-order valence-corrected chi connectivity index (χ4v) is 2.59. The van der Waals surface area contributed by atoms with E-state index < -0.39 is 6.04 Å². The molecule has 0 spiro atoms. The lowest BCUT2D eigenvalue weighted by Gasteiger charge is -2.19. The molecule has 1 unspecified atom stereocenters. The largest absolute Gasteiger partial charge is 0.380 e. The van der Waals surface area contributed by atoms with Crippen molar-refractivity contribution < 1.29 is 14.3 Å². The van der Waals surface area contributed by atoms with E-state index >= 15 is 0 Å². The number of benzene rings is 1. The van der Waals surface area contributed by atoms with Gasteiger partial charge in [0.25, 0.3) is 0 Å². The third-order valence-corrected chi connectivity index (χ3v) is 3.55. The van der Waals surface area contributed by atoms with Gasteiger partial charge in [0, 0.05) is 19.7 Å². The summed E-state index contributed by atoms with van der Waals surface area (Å²) in [5, 5.41) is 3.18. The fraction of sp³-hybridized carbons (Fsp3) is 0.500. The SMILES string of the molecule is COCc1cccc(CNC2CC(=O)N(C(C)C)C2=O)c1. The minimum atomic E-state index is -0.411. The maximum absolute atomic E-state index is 12.2. The topological polar surface area (TPSA) is 58.6 Å². The van der Waals surface area contributed by atoms with Crippen LogP contribution in [0.2, 0.25) is 0 Å². The highest BCUT2D eigenvalue weighted by molar-refractivity contribution is 6.05. The Morgan fingerprint density at radius 2 is 2.05 bits per heavy atom. The van der Waals surface area contributed by atoms with E-state index in [2.05, 4.69) is 5.32 Å². The number of amides is 2. The lowest BCUT2D eigenvalue weighted by Crippen LogP contribution is -2.41. The molecule has 2 amide bonds. The number of rotatable bonds is 6. The van der Waals surface area contributed by atoms with Crippen LogP contribution in [0.4, 0.5) is 0 Å². The Balaban J connectivity index is 1.96. The van der Waals surface area contributed by atoms with Crippen molar-refractivity contribution >= 4 is 11.8 Å². The van der Waals surface area contributed by atoms with Gasteiger partial charge in [-0.2, -0.15) is 0 Å². The Morgan fingerprint density at radius 1 is 1.33 bits per heavy atom. The predicted octanol–water partition coefficient (Wildman–Crippen LogP) is 1.46. The number of carbonyl (C=O) groups is 2. The van der Waals surface area contributed by atoms with Gasteiger partial charge >= 0.3 is 0 Å². The van der Waals surface area contributed by atoms with Crippen molar-refractivity contribution in [2.45, 2.75) is 45.5 Å². The number of methoxy groups -OCH3 is 1. The number of imide groups is 1. The van der Waals surface area contributed by atoms with E-state index in [-0.39, 0.29) is 24.3 Å². The summed E-state index contributed by atoms with van der Waals surface area (Å²) in [7, 11) is 1.66. The Labute approximate surface area is 125 Å². The molecule has 1 fully saturated rings. The van der Waals surface area contributed by atoms with Crippen molar-refractivity contribution in [3.63, 3.8) is 0 Å². The minimum Gasteiger partial charge on any atom is -0.380 e. The van der Waals surface area contributed by atoms with Crippen LogP contribution in [0.5, 0.6) is 0 Å². The van der Waals surface area contributed by atoms with Crippen LogP contribution in [0.3, 0.4) is 0 Å². The number of carbonyl (C=O) groups excluding carboxylic acids is 2. The molecule has 1 aromatic carbocycles. The normalized spacial score (nSPS) is 18.9. The van der Waals surface area contributed by atoms with Gasteiger partial charge in [-0.05, 0) is 25.0 Å². The molecule has 0 bridgehead atoms. The zero-order valence-electron chi connectivity index (χ0n) is 12.8. The monoisotopic (exact) mass is 290 g/mol. The van der Waals surface area contributed by atoms with Gasteiger partial charge < -0.3 is 10.1 Å². The van der Waals surface area contributed by atoms with Crippen LogP contribution < -0.4 is 5.32 Å². The van der Waals surface area contributed by atoms with E-state index in [1.807, 2.05) is 38.1 Å². The second-order valence-corrected chi connectivity index (χ2v) is 5.59. The van der Waals surface area contributed by atoms with E-state index in [0.717, 1.165) is 11.1 Å². The average Bonchev–Trinajstić information content (AvgIpc) is 2.72. The zero-order chi connectivity index (χ0) is 15.4. The van der Waals surface area contributed by atoms with Gasteiger partial charge in [0.2, 0.25) is 11.8 Å². The van der Waals surface area contributed by atoms with Crippen molar-refractivity contribution in [3.8, 4) is 0 Å². The van der Waals surface area contributed by atoms with Crippen LogP contribution in [0.15, 0.2) is 24.3 Å². The van der Waals surface area contributed by atoms with Crippen molar-refractivity contribution in [2.24, 2.45) is 0 Å². The molecule has 1 aliphatic rings. The first kappa shape index (κ1) is 15.7. The van der Waals surface area contributed by atoms with Crippen LogP contribution in [0, 0.1) is 0 Å². The number of likely N-dealkylation sites (tertiary alicyclic amines) is 1. The molecule has 1 heterocycles. The summed E-state index contributed by atoms with van der Waals surface area (Å²) in [6, 6.07) is 7.50. The lowest BCUT2D eigenvalue weighted by atomic mass is 10.1. The maximum atomic E-state index is 12.2. The smallest absolute Gasteiger partial charge is 0.247 e. The molecular formula is C16H22N2O3. The molecule has 1 aromatic rings. The van der Waals surface area contributed by atoms with Crippen LogP contribution in [-0.4, -0.2) is 35.9 Å². The van der Waals surface area contributed by atoms with Crippen molar-refractivity contribution in [1.29, 1.82) is 0 Å². The summed E-state index contributed by atoms with van der Waals surface area (Å²) in [5.41, 5.74) is 2.17. The van der Waals surface area contributed by atoms with Gasteiger partial charge in [-0.1, -0.05) is 24.3 Å². The molecule has 21 heavy (non-hydrogen) atoms. The quantitative estimate of drug-likeness (QED) is 0.806. The molecule has 114 valence electrons. The van der Waals surface area contributed by atoms with Crippen LogP contribution in [0.1, 0.15) is 31.4 Å². The van der Waals surface area contributed by atoms with Crippen molar-refractivity contribution in [1.82, 2.24) is 10.2 Å². The van der Waals surface area contributed by atoms with Crippen molar-refractivity contribution in [3.05, 3.63) is 35.4 Å². The van der Waals surface area contributed by atoms with E-state index in [0.29, 0.717) is 13.2 Å². The number of nitrogens with one attached hydrogen (secondary N) is 1.